The smallest absolute Gasteiger partial charge is 0.291 e. The number of halogens is 5. The Hall–Kier alpha value is -4.68. The molecular weight excluding hydrogens is 503 g/mol. The third-order valence-electron chi connectivity index (χ3n) is 5.04. The summed E-state index contributed by atoms with van der Waals surface area (Å²) >= 11 is 0. The minimum absolute atomic E-state index is 0.123. The van der Waals surface area contributed by atoms with E-state index < -0.39 is 53.3 Å². The number of aromatic nitrogens is 2. The maximum atomic E-state index is 13.7. The minimum atomic E-state index is -2.31. The Morgan fingerprint density at radius 3 is 2.16 bits per heavy atom. The molecule has 0 bridgehead atoms. The van der Waals surface area contributed by atoms with Crippen LogP contribution in [0.3, 0.4) is 0 Å². The Bertz CT molecular complexity index is 1450. The lowest BCUT2D eigenvalue weighted by Crippen LogP contribution is -2.17. The van der Waals surface area contributed by atoms with Crippen molar-refractivity contribution in [3.8, 4) is 5.75 Å². The molecule has 0 atom stereocenters. The SMILES string of the molecule is CCn1nccc1C(=O)Nc1cccc(NC(=O)c2ccc(COc3c(F)c(F)c(F)c(F)c3F)o2)c1. The first-order valence-corrected chi connectivity index (χ1v) is 10.7. The third kappa shape index (κ3) is 5.29. The molecule has 0 aliphatic heterocycles. The molecule has 8 nitrogen and oxygen atoms in total. The highest BCUT2D eigenvalue weighted by molar-refractivity contribution is 6.05. The number of benzene rings is 2. The molecule has 4 aromatic rings. The first-order valence-electron chi connectivity index (χ1n) is 10.7. The number of carbonyl (C=O) groups is 2. The zero-order valence-electron chi connectivity index (χ0n) is 19.0. The Balaban J connectivity index is 1.40. The van der Waals surface area contributed by atoms with Gasteiger partial charge in [0.05, 0.1) is 0 Å². The van der Waals surface area contributed by atoms with Crippen molar-refractivity contribution < 1.29 is 40.7 Å². The van der Waals surface area contributed by atoms with E-state index in [2.05, 4.69) is 15.7 Å². The van der Waals surface area contributed by atoms with Crippen LogP contribution in [-0.4, -0.2) is 21.6 Å². The van der Waals surface area contributed by atoms with Crippen molar-refractivity contribution in [1.82, 2.24) is 9.78 Å². The molecule has 13 heteroatoms. The van der Waals surface area contributed by atoms with E-state index in [1.54, 1.807) is 24.3 Å². The molecule has 0 aliphatic rings. The van der Waals surface area contributed by atoms with Crippen LogP contribution in [0.1, 0.15) is 33.7 Å². The highest BCUT2D eigenvalue weighted by Gasteiger charge is 2.27. The minimum Gasteiger partial charge on any atom is -0.479 e. The van der Waals surface area contributed by atoms with Crippen molar-refractivity contribution in [1.29, 1.82) is 0 Å². The largest absolute Gasteiger partial charge is 0.479 e. The molecule has 0 saturated heterocycles. The summed E-state index contributed by atoms with van der Waals surface area (Å²) in [5.41, 5.74) is 1.05. The number of carbonyl (C=O) groups excluding carboxylic acids is 2. The molecule has 4 rings (SSSR count). The molecule has 0 radical (unpaired) electrons. The van der Waals surface area contributed by atoms with Crippen LogP contribution in [0.5, 0.6) is 5.75 Å². The van der Waals surface area contributed by atoms with Gasteiger partial charge in [-0.1, -0.05) is 6.07 Å². The van der Waals surface area contributed by atoms with Crippen LogP contribution in [-0.2, 0) is 13.2 Å². The van der Waals surface area contributed by atoms with Gasteiger partial charge in [0.25, 0.3) is 11.8 Å². The van der Waals surface area contributed by atoms with Crippen LogP contribution < -0.4 is 15.4 Å². The Labute approximate surface area is 205 Å². The average Bonchev–Trinajstić information content (AvgIpc) is 3.56. The van der Waals surface area contributed by atoms with E-state index in [1.807, 2.05) is 6.92 Å². The zero-order chi connectivity index (χ0) is 26.7. The van der Waals surface area contributed by atoms with Crippen molar-refractivity contribution in [2.24, 2.45) is 0 Å². The van der Waals surface area contributed by atoms with E-state index in [0.717, 1.165) is 0 Å². The summed E-state index contributed by atoms with van der Waals surface area (Å²) in [5, 5.41) is 9.29. The summed E-state index contributed by atoms with van der Waals surface area (Å²) in [5.74, 6) is -13.8. The zero-order valence-corrected chi connectivity index (χ0v) is 19.0. The molecule has 2 aromatic carbocycles. The summed E-state index contributed by atoms with van der Waals surface area (Å²) in [6.45, 7) is 1.62. The van der Waals surface area contributed by atoms with E-state index in [0.29, 0.717) is 23.6 Å². The molecule has 2 heterocycles. The molecule has 192 valence electrons. The van der Waals surface area contributed by atoms with Gasteiger partial charge in [-0.2, -0.15) is 13.9 Å². The summed E-state index contributed by atoms with van der Waals surface area (Å²) < 4.78 is 78.7. The van der Waals surface area contributed by atoms with Gasteiger partial charge in [-0.25, -0.2) is 13.2 Å². The third-order valence-corrected chi connectivity index (χ3v) is 5.04. The van der Waals surface area contributed by atoms with Gasteiger partial charge in [0.1, 0.15) is 18.1 Å². The van der Waals surface area contributed by atoms with Gasteiger partial charge in [0.15, 0.2) is 11.5 Å². The Kier molecular flexibility index (Phi) is 7.22. The van der Waals surface area contributed by atoms with Crippen LogP contribution in [0.4, 0.5) is 33.3 Å². The predicted octanol–water partition coefficient (Wildman–Crippen LogP) is 5.28. The van der Waals surface area contributed by atoms with E-state index in [4.69, 9.17) is 9.15 Å². The molecule has 0 spiro atoms. The molecule has 2 N–H and O–H groups in total. The summed E-state index contributed by atoms with van der Waals surface area (Å²) in [7, 11) is 0. The van der Waals surface area contributed by atoms with Crippen LogP contribution in [0.15, 0.2) is 53.1 Å². The van der Waals surface area contributed by atoms with Crippen molar-refractivity contribution >= 4 is 23.2 Å². The number of ether oxygens (including phenoxy) is 1. The van der Waals surface area contributed by atoms with E-state index in [-0.39, 0.29) is 11.5 Å². The van der Waals surface area contributed by atoms with Gasteiger partial charge >= 0.3 is 0 Å². The number of nitrogens with one attached hydrogen (secondary N) is 2. The second-order valence-corrected chi connectivity index (χ2v) is 7.47. The van der Waals surface area contributed by atoms with E-state index in [1.165, 1.54) is 29.1 Å². The van der Waals surface area contributed by atoms with E-state index >= 15 is 0 Å². The predicted molar refractivity (Wildman–Crippen MR) is 120 cm³/mol. The molecule has 0 fully saturated rings. The van der Waals surface area contributed by atoms with Crippen molar-refractivity contribution in [3.63, 3.8) is 0 Å². The number of hydrogen-bond acceptors (Lipinski definition) is 5. The molecule has 2 amide bonds. The maximum Gasteiger partial charge on any atom is 0.291 e. The molecule has 0 aliphatic carbocycles. The van der Waals surface area contributed by atoms with Gasteiger partial charge < -0.3 is 19.8 Å². The normalized spacial score (nSPS) is 10.9. The molecule has 0 unspecified atom stereocenters. The number of rotatable bonds is 8. The summed E-state index contributed by atoms with van der Waals surface area (Å²) in [4.78, 5) is 25.0. The molecule has 0 saturated carbocycles. The highest BCUT2D eigenvalue weighted by atomic mass is 19.2. The number of anilines is 2. The first kappa shape index (κ1) is 25.4. The van der Waals surface area contributed by atoms with Gasteiger partial charge in [-0.3, -0.25) is 14.3 Å². The standard InChI is InChI=1S/C24H17F5N4O4/c1-2-33-15(8-9-30-33)23(34)31-12-4-3-5-13(10-12)32-24(35)16-7-6-14(37-16)11-36-22-20(28)18(26)17(25)19(27)21(22)29/h3-10H,2,11H2,1H3,(H,31,34)(H,32,35). The summed E-state index contributed by atoms with van der Waals surface area (Å²) in [6, 6.07) is 10.3. The van der Waals surface area contributed by atoms with Crippen molar-refractivity contribution in [2.45, 2.75) is 20.1 Å². The molecule has 2 aromatic heterocycles. The van der Waals surface area contributed by atoms with Crippen LogP contribution in [0.2, 0.25) is 0 Å². The Morgan fingerprint density at radius 1 is 0.892 bits per heavy atom. The number of amides is 2. The van der Waals surface area contributed by atoms with Crippen molar-refractivity contribution in [3.05, 3.63) is 95.0 Å². The Morgan fingerprint density at radius 2 is 1.51 bits per heavy atom. The summed E-state index contributed by atoms with van der Waals surface area (Å²) in [6.07, 6.45) is 1.50. The quantitative estimate of drug-likeness (QED) is 0.187. The van der Waals surface area contributed by atoms with Gasteiger partial charge in [0, 0.05) is 24.1 Å². The number of aryl methyl sites for hydroxylation is 1. The van der Waals surface area contributed by atoms with Crippen LogP contribution >= 0.6 is 0 Å². The first-order chi connectivity index (χ1) is 17.7. The van der Waals surface area contributed by atoms with Crippen molar-refractivity contribution in [2.75, 3.05) is 10.6 Å². The fraction of sp³-hybridized carbons (Fsp3) is 0.125. The van der Waals surface area contributed by atoms with Crippen LogP contribution in [0.25, 0.3) is 0 Å². The number of nitrogens with zero attached hydrogens (tertiary/aromatic N) is 2. The number of hydrogen-bond donors (Lipinski definition) is 2. The van der Waals surface area contributed by atoms with Gasteiger partial charge in [-0.05, 0) is 43.3 Å². The average molecular weight is 520 g/mol. The second kappa shape index (κ2) is 10.5. The monoisotopic (exact) mass is 520 g/mol. The number of furan rings is 1. The second-order valence-electron chi connectivity index (χ2n) is 7.47. The topological polar surface area (TPSA) is 98.4 Å². The maximum absolute atomic E-state index is 13.7. The molecule has 37 heavy (non-hydrogen) atoms. The van der Waals surface area contributed by atoms with Crippen LogP contribution in [0, 0.1) is 29.1 Å². The lowest BCUT2D eigenvalue weighted by Gasteiger charge is -2.09. The lowest BCUT2D eigenvalue weighted by atomic mass is 10.2. The fourth-order valence-corrected chi connectivity index (χ4v) is 3.27. The lowest BCUT2D eigenvalue weighted by molar-refractivity contribution is 0.0990. The van der Waals surface area contributed by atoms with Gasteiger partial charge in [-0.15, -0.1) is 0 Å². The highest BCUT2D eigenvalue weighted by Crippen LogP contribution is 2.30. The van der Waals surface area contributed by atoms with E-state index in [9.17, 15) is 31.5 Å². The molecular formula is C24H17F5N4O4. The van der Waals surface area contributed by atoms with Gasteiger partial charge in [0.2, 0.25) is 29.1 Å². The fourth-order valence-electron chi connectivity index (χ4n) is 3.27.